The molecule has 2 aromatic rings. The topological polar surface area (TPSA) is 61.0 Å². The predicted octanol–water partition coefficient (Wildman–Crippen LogP) is 2.79. The van der Waals surface area contributed by atoms with Gasteiger partial charge in [-0.15, -0.1) is 0 Å². The molecule has 1 heterocycles. The van der Waals surface area contributed by atoms with Gasteiger partial charge in [-0.25, -0.2) is 18.7 Å². The number of anilines is 1. The van der Waals surface area contributed by atoms with E-state index in [0.717, 1.165) is 0 Å². The summed E-state index contributed by atoms with van der Waals surface area (Å²) in [5.41, 5.74) is 5.40. The van der Waals surface area contributed by atoms with Crippen LogP contribution in [0, 0.1) is 0 Å². The molecule has 0 amide bonds. The molecule has 0 fully saturated rings. The normalized spacial score (nSPS) is 10.5. The van der Waals surface area contributed by atoms with Crippen LogP contribution in [0.5, 0.6) is 11.6 Å². The Hall–Kier alpha value is -2.24. The molecule has 0 unspecified atom stereocenters. The van der Waals surface area contributed by atoms with Gasteiger partial charge in [-0.3, -0.25) is 0 Å². The average Bonchev–Trinajstić information content (AvgIpc) is 2.32. The Morgan fingerprint density at radius 1 is 1.18 bits per heavy atom. The molecule has 0 aliphatic heterocycles. The molecule has 6 heteroatoms. The predicted molar refractivity (Wildman–Crippen MR) is 57.9 cm³/mol. The van der Waals surface area contributed by atoms with Crippen LogP contribution in [0.15, 0.2) is 36.7 Å². The summed E-state index contributed by atoms with van der Waals surface area (Å²) in [5, 5.41) is 0. The van der Waals surface area contributed by atoms with Crippen molar-refractivity contribution in [2.45, 2.75) is 6.43 Å². The van der Waals surface area contributed by atoms with Crippen LogP contribution in [-0.2, 0) is 0 Å². The maximum Gasteiger partial charge on any atom is 0.263 e. The highest BCUT2D eigenvalue weighted by Crippen LogP contribution is 2.27. The Morgan fingerprint density at radius 2 is 1.94 bits per heavy atom. The zero-order valence-corrected chi connectivity index (χ0v) is 8.68. The third kappa shape index (κ3) is 2.66. The second-order valence-corrected chi connectivity index (χ2v) is 3.22. The molecular formula is C11H9F2N3O. The van der Waals surface area contributed by atoms with Crippen LogP contribution in [-0.4, -0.2) is 9.97 Å². The number of nitrogens with two attached hydrogens (primary N) is 1. The van der Waals surface area contributed by atoms with E-state index in [1.807, 2.05) is 0 Å². The Balaban J connectivity index is 2.25. The number of hydrogen-bond acceptors (Lipinski definition) is 4. The Bertz CT molecular complexity index is 520. The van der Waals surface area contributed by atoms with Crippen molar-refractivity contribution in [3.05, 3.63) is 42.2 Å². The zero-order chi connectivity index (χ0) is 12.3. The van der Waals surface area contributed by atoms with E-state index in [2.05, 4.69) is 9.97 Å². The van der Waals surface area contributed by atoms with E-state index in [9.17, 15) is 8.78 Å². The van der Waals surface area contributed by atoms with Gasteiger partial charge in [0.05, 0.1) is 0 Å². The van der Waals surface area contributed by atoms with Crippen molar-refractivity contribution >= 4 is 5.82 Å². The van der Waals surface area contributed by atoms with Crippen LogP contribution in [0.1, 0.15) is 12.0 Å². The minimum absolute atomic E-state index is 0.0962. The van der Waals surface area contributed by atoms with Gasteiger partial charge in [0.25, 0.3) is 12.3 Å². The SMILES string of the molecule is Nc1nccnc1Oc1cccc(C(F)F)c1. The molecule has 2 N–H and O–H groups in total. The fourth-order valence-electron chi connectivity index (χ4n) is 1.24. The second kappa shape index (κ2) is 4.73. The van der Waals surface area contributed by atoms with E-state index in [-0.39, 0.29) is 23.0 Å². The van der Waals surface area contributed by atoms with Gasteiger partial charge in [0.1, 0.15) is 5.75 Å². The molecular weight excluding hydrogens is 228 g/mol. The first-order chi connectivity index (χ1) is 8.16. The number of hydrogen-bond donors (Lipinski definition) is 1. The summed E-state index contributed by atoms with van der Waals surface area (Å²) in [6.07, 6.45) is 0.276. The van der Waals surface area contributed by atoms with E-state index in [4.69, 9.17) is 10.5 Å². The van der Waals surface area contributed by atoms with Crippen molar-refractivity contribution in [2.24, 2.45) is 0 Å². The molecule has 1 aromatic carbocycles. The first kappa shape index (κ1) is 11.3. The summed E-state index contributed by atoms with van der Waals surface area (Å²) in [5.74, 6) is 0.448. The molecule has 17 heavy (non-hydrogen) atoms. The number of benzene rings is 1. The minimum atomic E-state index is -2.54. The van der Waals surface area contributed by atoms with E-state index < -0.39 is 6.43 Å². The van der Waals surface area contributed by atoms with Crippen LogP contribution < -0.4 is 10.5 Å². The number of nitrogens with zero attached hydrogens (tertiary/aromatic N) is 2. The summed E-state index contributed by atoms with van der Waals surface area (Å²) < 4.78 is 30.2. The summed E-state index contributed by atoms with van der Waals surface area (Å²) in [7, 11) is 0. The maximum atomic E-state index is 12.5. The molecule has 4 nitrogen and oxygen atoms in total. The minimum Gasteiger partial charge on any atom is -0.436 e. The lowest BCUT2D eigenvalue weighted by Gasteiger charge is -2.07. The molecule has 2 rings (SSSR count). The highest BCUT2D eigenvalue weighted by Gasteiger charge is 2.09. The lowest BCUT2D eigenvalue weighted by atomic mass is 10.2. The summed E-state index contributed by atoms with van der Waals surface area (Å²) in [6.45, 7) is 0. The molecule has 88 valence electrons. The number of halogens is 2. The maximum absolute atomic E-state index is 12.5. The molecule has 0 atom stereocenters. The smallest absolute Gasteiger partial charge is 0.263 e. The summed E-state index contributed by atoms with van der Waals surface area (Å²) in [4.78, 5) is 7.63. The highest BCUT2D eigenvalue weighted by atomic mass is 19.3. The van der Waals surface area contributed by atoms with Crippen LogP contribution in [0.3, 0.4) is 0 Å². The third-order valence-corrected chi connectivity index (χ3v) is 2.02. The number of nitrogen functional groups attached to an aromatic ring is 1. The van der Waals surface area contributed by atoms with Crippen molar-refractivity contribution in [3.8, 4) is 11.6 Å². The van der Waals surface area contributed by atoms with Gasteiger partial charge in [0.2, 0.25) is 0 Å². The molecule has 0 spiro atoms. The standard InChI is InChI=1S/C11H9F2N3O/c12-9(13)7-2-1-3-8(6-7)17-11-10(14)15-4-5-16-11/h1-6,9H,(H2,14,15). The molecule has 0 radical (unpaired) electrons. The van der Waals surface area contributed by atoms with Crippen molar-refractivity contribution in [1.82, 2.24) is 9.97 Å². The fourth-order valence-corrected chi connectivity index (χ4v) is 1.24. The van der Waals surface area contributed by atoms with Crippen molar-refractivity contribution in [1.29, 1.82) is 0 Å². The van der Waals surface area contributed by atoms with Gasteiger partial charge in [0.15, 0.2) is 5.82 Å². The van der Waals surface area contributed by atoms with Crippen molar-refractivity contribution in [2.75, 3.05) is 5.73 Å². The van der Waals surface area contributed by atoms with Gasteiger partial charge in [-0.05, 0) is 12.1 Å². The van der Waals surface area contributed by atoms with Gasteiger partial charge >= 0.3 is 0 Å². The van der Waals surface area contributed by atoms with Gasteiger partial charge in [-0.2, -0.15) is 0 Å². The quantitative estimate of drug-likeness (QED) is 0.891. The first-order valence-corrected chi connectivity index (χ1v) is 4.79. The lowest BCUT2D eigenvalue weighted by Crippen LogP contribution is -1.97. The van der Waals surface area contributed by atoms with Gasteiger partial charge in [-0.1, -0.05) is 12.1 Å². The van der Waals surface area contributed by atoms with E-state index in [1.54, 1.807) is 6.07 Å². The Morgan fingerprint density at radius 3 is 2.65 bits per heavy atom. The summed E-state index contributed by atoms with van der Waals surface area (Å²) in [6, 6.07) is 5.57. The number of aromatic nitrogens is 2. The average molecular weight is 237 g/mol. The van der Waals surface area contributed by atoms with Gasteiger partial charge in [0, 0.05) is 18.0 Å². The van der Waals surface area contributed by atoms with Crippen LogP contribution in [0.25, 0.3) is 0 Å². The largest absolute Gasteiger partial charge is 0.436 e. The molecule has 0 saturated carbocycles. The molecule has 0 saturated heterocycles. The van der Waals surface area contributed by atoms with Crippen molar-refractivity contribution < 1.29 is 13.5 Å². The molecule has 0 aliphatic rings. The third-order valence-electron chi connectivity index (χ3n) is 2.02. The van der Waals surface area contributed by atoms with Crippen LogP contribution >= 0.6 is 0 Å². The second-order valence-electron chi connectivity index (χ2n) is 3.22. The summed E-state index contributed by atoms with van der Waals surface area (Å²) >= 11 is 0. The van der Waals surface area contributed by atoms with E-state index in [1.165, 1.54) is 30.6 Å². The zero-order valence-electron chi connectivity index (χ0n) is 8.68. The Labute approximate surface area is 96.1 Å². The van der Waals surface area contributed by atoms with Crippen molar-refractivity contribution in [3.63, 3.8) is 0 Å². The van der Waals surface area contributed by atoms with Gasteiger partial charge < -0.3 is 10.5 Å². The Kier molecular flexibility index (Phi) is 3.13. The first-order valence-electron chi connectivity index (χ1n) is 4.79. The number of rotatable bonds is 3. The number of ether oxygens (including phenoxy) is 1. The van der Waals surface area contributed by atoms with E-state index in [0.29, 0.717) is 0 Å². The monoisotopic (exact) mass is 237 g/mol. The van der Waals surface area contributed by atoms with Crippen LogP contribution in [0.2, 0.25) is 0 Å². The molecule has 0 bridgehead atoms. The lowest BCUT2D eigenvalue weighted by molar-refractivity contribution is 0.151. The highest BCUT2D eigenvalue weighted by molar-refractivity contribution is 5.42. The van der Waals surface area contributed by atoms with E-state index >= 15 is 0 Å². The molecule has 0 aliphatic carbocycles. The molecule has 1 aromatic heterocycles. The van der Waals surface area contributed by atoms with Crippen LogP contribution in [0.4, 0.5) is 14.6 Å². The fraction of sp³-hybridized carbons (Fsp3) is 0.0909. The number of alkyl halides is 2.